The number of rotatable bonds is 3. The van der Waals surface area contributed by atoms with Gasteiger partial charge < -0.3 is 9.64 Å². The highest BCUT2D eigenvalue weighted by atomic mass is 16.5. The summed E-state index contributed by atoms with van der Waals surface area (Å²) in [5.41, 5.74) is 2.33. The van der Waals surface area contributed by atoms with Crippen LogP contribution in [0.3, 0.4) is 0 Å². The van der Waals surface area contributed by atoms with Crippen molar-refractivity contribution in [2.75, 3.05) is 12.0 Å². The fourth-order valence-corrected chi connectivity index (χ4v) is 4.66. The topological polar surface area (TPSA) is 75.7 Å². The number of methoxy groups -OCH3 is 1. The third kappa shape index (κ3) is 2.24. The van der Waals surface area contributed by atoms with Crippen molar-refractivity contribution in [1.29, 1.82) is 0 Å². The lowest BCUT2D eigenvalue weighted by atomic mass is 9.86. The Kier molecular flexibility index (Phi) is 3.62. The Bertz CT molecular complexity index is 1030. The van der Waals surface area contributed by atoms with Crippen molar-refractivity contribution in [1.82, 2.24) is 5.32 Å². The van der Waals surface area contributed by atoms with Crippen LogP contribution < -0.4 is 15.0 Å². The van der Waals surface area contributed by atoms with Gasteiger partial charge in [-0.1, -0.05) is 30.4 Å². The summed E-state index contributed by atoms with van der Waals surface area (Å²) in [6.45, 7) is 0. The number of nitrogens with one attached hydrogen (secondary N) is 1. The monoisotopic (exact) mass is 374 g/mol. The number of ketones is 1. The van der Waals surface area contributed by atoms with Crippen LogP contribution in [0.5, 0.6) is 5.75 Å². The number of carbonyl (C=O) groups is 3. The van der Waals surface area contributed by atoms with Crippen molar-refractivity contribution in [2.45, 2.75) is 12.1 Å². The van der Waals surface area contributed by atoms with E-state index in [0.29, 0.717) is 11.3 Å². The minimum atomic E-state index is -0.735. The molecule has 6 heteroatoms. The molecular weight excluding hydrogens is 356 g/mol. The average Bonchev–Trinajstić information content (AvgIpc) is 3.23. The molecule has 6 nitrogen and oxygen atoms in total. The van der Waals surface area contributed by atoms with Gasteiger partial charge in [-0.05, 0) is 35.9 Å². The lowest BCUT2D eigenvalue weighted by Gasteiger charge is -2.35. The first-order valence-electron chi connectivity index (χ1n) is 9.18. The van der Waals surface area contributed by atoms with E-state index in [1.165, 1.54) is 0 Å². The van der Waals surface area contributed by atoms with Gasteiger partial charge in [0.05, 0.1) is 25.0 Å². The van der Waals surface area contributed by atoms with Crippen molar-refractivity contribution in [2.24, 2.45) is 11.8 Å². The number of imide groups is 1. The normalized spacial score (nSPS) is 27.1. The first kappa shape index (κ1) is 16.7. The smallest absolute Gasteiger partial charge is 0.233 e. The molecule has 0 saturated carbocycles. The molecule has 2 aromatic rings. The Balaban J connectivity index is 1.63. The van der Waals surface area contributed by atoms with E-state index >= 15 is 0 Å². The number of carbonyl (C=O) groups excluding carboxylic acids is 3. The molecule has 5 rings (SSSR count). The van der Waals surface area contributed by atoms with E-state index in [0.717, 1.165) is 11.3 Å². The average molecular weight is 374 g/mol. The molecule has 0 unspecified atom stereocenters. The van der Waals surface area contributed by atoms with Gasteiger partial charge in [0.25, 0.3) is 0 Å². The minimum Gasteiger partial charge on any atom is -0.497 e. The molecule has 2 aromatic carbocycles. The molecule has 2 saturated heterocycles. The summed E-state index contributed by atoms with van der Waals surface area (Å²) in [7, 11) is 1.56. The van der Waals surface area contributed by atoms with Gasteiger partial charge in [0.2, 0.25) is 11.8 Å². The second-order valence-electron chi connectivity index (χ2n) is 7.26. The van der Waals surface area contributed by atoms with Gasteiger partial charge in [-0.2, -0.15) is 0 Å². The number of benzene rings is 2. The van der Waals surface area contributed by atoms with Crippen LogP contribution in [-0.2, 0) is 9.59 Å². The summed E-state index contributed by atoms with van der Waals surface area (Å²) in [5.74, 6) is -1.47. The van der Waals surface area contributed by atoms with E-state index in [9.17, 15) is 14.4 Å². The molecule has 0 aliphatic carbocycles. The number of Topliss-reactive ketones (excluding diaryl/α,β-unsaturated/α-hetero) is 1. The third-order valence-corrected chi connectivity index (χ3v) is 5.90. The number of fused-ring (bicyclic) bond motifs is 5. The molecule has 0 spiro atoms. The predicted molar refractivity (Wildman–Crippen MR) is 103 cm³/mol. The van der Waals surface area contributed by atoms with E-state index in [2.05, 4.69) is 5.32 Å². The van der Waals surface area contributed by atoms with Crippen molar-refractivity contribution in [3.8, 4) is 5.75 Å². The molecular formula is C22H18N2O4. The van der Waals surface area contributed by atoms with Crippen molar-refractivity contribution < 1.29 is 19.1 Å². The summed E-state index contributed by atoms with van der Waals surface area (Å²) < 4.78 is 5.17. The van der Waals surface area contributed by atoms with Crippen LogP contribution >= 0.6 is 0 Å². The van der Waals surface area contributed by atoms with Crippen molar-refractivity contribution in [3.05, 3.63) is 65.7 Å². The van der Waals surface area contributed by atoms with Crippen LogP contribution in [0.4, 0.5) is 5.69 Å². The third-order valence-electron chi connectivity index (χ3n) is 5.90. The maximum absolute atomic E-state index is 13.5. The van der Waals surface area contributed by atoms with Gasteiger partial charge >= 0.3 is 0 Å². The highest BCUT2D eigenvalue weighted by Crippen LogP contribution is 2.46. The SMILES string of the molecule is COc1ccc(C(=O)[C@H]2[C@H]3C(=O)NC(=O)[C@H]3[C@@H]3C=Cc4ccccc4N32)cc1. The lowest BCUT2D eigenvalue weighted by molar-refractivity contribution is -0.126. The largest absolute Gasteiger partial charge is 0.497 e. The Morgan fingerprint density at radius 3 is 2.46 bits per heavy atom. The first-order valence-corrected chi connectivity index (χ1v) is 9.18. The molecule has 3 aliphatic rings. The summed E-state index contributed by atoms with van der Waals surface area (Å²) in [5, 5.41) is 2.42. The number of amides is 2. The molecule has 28 heavy (non-hydrogen) atoms. The van der Waals surface area contributed by atoms with Gasteiger partial charge in [0, 0.05) is 11.3 Å². The summed E-state index contributed by atoms with van der Waals surface area (Å²) >= 11 is 0. The van der Waals surface area contributed by atoms with Crippen LogP contribution in [0.25, 0.3) is 6.08 Å². The van der Waals surface area contributed by atoms with Gasteiger partial charge in [-0.15, -0.1) is 0 Å². The lowest BCUT2D eigenvalue weighted by Crippen LogP contribution is -2.47. The molecule has 3 heterocycles. The molecule has 2 fully saturated rings. The quantitative estimate of drug-likeness (QED) is 0.657. The number of ether oxygens (including phenoxy) is 1. The van der Waals surface area contributed by atoms with E-state index in [1.807, 2.05) is 41.3 Å². The maximum atomic E-state index is 13.5. The Labute approximate surface area is 161 Å². The minimum absolute atomic E-state index is 0.171. The number of para-hydroxylation sites is 1. The Morgan fingerprint density at radius 2 is 1.71 bits per heavy atom. The van der Waals surface area contributed by atoms with Gasteiger partial charge in [0.15, 0.2) is 5.78 Å². The van der Waals surface area contributed by atoms with E-state index < -0.39 is 17.9 Å². The summed E-state index contributed by atoms with van der Waals surface area (Å²) in [4.78, 5) is 40.6. The van der Waals surface area contributed by atoms with E-state index in [4.69, 9.17) is 4.74 Å². The molecule has 3 aliphatic heterocycles. The number of hydrogen-bond acceptors (Lipinski definition) is 5. The van der Waals surface area contributed by atoms with Crippen LogP contribution in [-0.4, -0.2) is 36.8 Å². The highest BCUT2D eigenvalue weighted by Gasteiger charge is 2.61. The zero-order valence-corrected chi connectivity index (χ0v) is 15.2. The van der Waals surface area contributed by atoms with Crippen molar-refractivity contribution >= 4 is 29.4 Å². The van der Waals surface area contributed by atoms with Gasteiger partial charge in [-0.3, -0.25) is 19.7 Å². The van der Waals surface area contributed by atoms with Gasteiger partial charge in [-0.25, -0.2) is 0 Å². The molecule has 0 aromatic heterocycles. The van der Waals surface area contributed by atoms with Crippen LogP contribution in [0, 0.1) is 11.8 Å². The summed E-state index contributed by atoms with van der Waals surface area (Å²) in [6.07, 6.45) is 3.89. The van der Waals surface area contributed by atoms with E-state index in [-0.39, 0.29) is 23.6 Å². The van der Waals surface area contributed by atoms with Gasteiger partial charge in [0.1, 0.15) is 11.8 Å². The number of nitrogens with zero attached hydrogens (tertiary/aromatic N) is 1. The number of hydrogen-bond donors (Lipinski definition) is 1. The predicted octanol–water partition coefficient (Wildman–Crippen LogP) is 2.05. The van der Waals surface area contributed by atoms with Crippen LogP contribution in [0.2, 0.25) is 0 Å². The zero-order chi connectivity index (χ0) is 19.4. The molecule has 2 amide bonds. The second kappa shape index (κ2) is 6.05. The second-order valence-corrected chi connectivity index (χ2v) is 7.26. The first-order chi connectivity index (χ1) is 13.6. The fourth-order valence-electron chi connectivity index (χ4n) is 4.66. The standard InChI is InChI=1S/C22H18N2O4/c1-28-14-9-6-13(7-10-14)20(25)19-18-17(21(26)23-22(18)27)16-11-8-12-4-2-3-5-15(12)24(16)19/h2-11,16-19H,1H3,(H,23,26,27)/t16-,17-,18-,19+/m0/s1. The molecule has 0 bridgehead atoms. The Morgan fingerprint density at radius 1 is 1.00 bits per heavy atom. The Hall–Kier alpha value is -3.41. The maximum Gasteiger partial charge on any atom is 0.233 e. The van der Waals surface area contributed by atoms with Crippen LogP contribution in [0.1, 0.15) is 15.9 Å². The molecule has 140 valence electrons. The number of anilines is 1. The fraction of sp³-hybridized carbons (Fsp3) is 0.227. The summed E-state index contributed by atoms with van der Waals surface area (Å²) in [6, 6.07) is 13.5. The van der Waals surface area contributed by atoms with Crippen LogP contribution in [0.15, 0.2) is 54.6 Å². The molecule has 4 atom stereocenters. The molecule has 0 radical (unpaired) electrons. The van der Waals surface area contributed by atoms with E-state index in [1.54, 1.807) is 31.4 Å². The molecule has 1 N–H and O–H groups in total. The highest BCUT2D eigenvalue weighted by molar-refractivity contribution is 6.14. The zero-order valence-electron chi connectivity index (χ0n) is 15.2. The van der Waals surface area contributed by atoms with Crippen molar-refractivity contribution in [3.63, 3.8) is 0 Å².